The third kappa shape index (κ3) is 8.64. The molecule has 2 aliphatic rings. The van der Waals surface area contributed by atoms with Gasteiger partial charge >= 0.3 is 0 Å². The second kappa shape index (κ2) is 15.1. The van der Waals surface area contributed by atoms with Gasteiger partial charge in [0.1, 0.15) is 17.6 Å². The number of hydrogen-bond acceptors (Lipinski definition) is 9. The number of benzene rings is 1. The van der Waals surface area contributed by atoms with Crippen molar-refractivity contribution < 1.29 is 27.7 Å². The number of amides is 2. The van der Waals surface area contributed by atoms with Crippen molar-refractivity contribution in [2.75, 3.05) is 59.0 Å². The largest absolute Gasteiger partial charge is 0.493 e. The molecule has 0 radical (unpaired) electrons. The molecular formula is C31H41FN6O5. The molecule has 232 valence electrons. The highest BCUT2D eigenvalue weighted by Crippen LogP contribution is 2.24. The molecule has 2 aliphatic heterocycles. The first kappa shape index (κ1) is 30.7. The Labute approximate surface area is 251 Å². The monoisotopic (exact) mass is 596 g/mol. The molecule has 0 bridgehead atoms. The predicted octanol–water partition coefficient (Wildman–Crippen LogP) is 3.62. The number of furan rings is 1. The molecule has 0 aliphatic carbocycles. The van der Waals surface area contributed by atoms with E-state index in [9.17, 15) is 14.0 Å². The highest BCUT2D eigenvalue weighted by molar-refractivity contribution is 5.95. The average molecular weight is 597 g/mol. The van der Waals surface area contributed by atoms with Crippen LogP contribution in [0.5, 0.6) is 5.75 Å². The predicted molar refractivity (Wildman–Crippen MR) is 157 cm³/mol. The van der Waals surface area contributed by atoms with Crippen molar-refractivity contribution in [3.8, 4) is 17.1 Å². The molecule has 4 heterocycles. The summed E-state index contributed by atoms with van der Waals surface area (Å²) in [5, 5.41) is 6.69. The third-order valence-corrected chi connectivity index (χ3v) is 7.99. The van der Waals surface area contributed by atoms with Gasteiger partial charge in [0.05, 0.1) is 18.4 Å². The second-order valence-corrected chi connectivity index (χ2v) is 11.2. The van der Waals surface area contributed by atoms with Gasteiger partial charge in [0, 0.05) is 45.2 Å². The van der Waals surface area contributed by atoms with Crippen molar-refractivity contribution in [1.82, 2.24) is 30.2 Å². The first-order valence-electron chi connectivity index (χ1n) is 15.3. The van der Waals surface area contributed by atoms with Crippen LogP contribution in [-0.2, 0) is 11.2 Å². The number of aromatic nitrogens is 2. The summed E-state index contributed by atoms with van der Waals surface area (Å²) in [6.45, 7) is 8.83. The zero-order valence-electron chi connectivity index (χ0n) is 24.8. The summed E-state index contributed by atoms with van der Waals surface area (Å²) in [4.78, 5) is 36.0. The number of carbonyl (C=O) groups excluding carboxylic acids is 2. The van der Waals surface area contributed by atoms with Gasteiger partial charge in [-0.25, -0.2) is 4.39 Å². The summed E-state index contributed by atoms with van der Waals surface area (Å²) in [5.74, 6) is 0.445. The second-order valence-electron chi connectivity index (χ2n) is 11.2. The number of hydrogen-bond donors (Lipinski definition) is 1. The topological polar surface area (TPSA) is 117 Å². The molecule has 11 nitrogen and oxygen atoms in total. The number of carbonyl (C=O) groups is 2. The summed E-state index contributed by atoms with van der Waals surface area (Å²) in [6.07, 6.45) is 7.43. The maximum atomic E-state index is 14.9. The Hall–Kier alpha value is -3.77. The zero-order valence-corrected chi connectivity index (χ0v) is 24.8. The number of piperidine rings is 1. The fourth-order valence-electron chi connectivity index (χ4n) is 5.57. The van der Waals surface area contributed by atoms with Crippen LogP contribution in [0.15, 0.2) is 45.5 Å². The molecule has 0 spiro atoms. The smallest absolute Gasteiger partial charge is 0.287 e. The van der Waals surface area contributed by atoms with Crippen LogP contribution < -0.4 is 10.1 Å². The van der Waals surface area contributed by atoms with Gasteiger partial charge in [0.15, 0.2) is 5.76 Å². The number of rotatable bonds is 12. The molecule has 1 aromatic carbocycles. The van der Waals surface area contributed by atoms with Crippen molar-refractivity contribution in [2.45, 2.75) is 51.5 Å². The van der Waals surface area contributed by atoms with E-state index in [0.29, 0.717) is 43.3 Å². The SMILES string of the molecule is C[C@H](NC(=O)c1ccco1)C(=O)N1CCCN(CCCOc2ccc(-c3noc(CCN4CCCCC4)n3)c(F)c2)CC1. The number of nitrogens with zero attached hydrogens (tertiary/aromatic N) is 5. The minimum absolute atomic E-state index is 0.106. The maximum Gasteiger partial charge on any atom is 0.287 e. The maximum absolute atomic E-state index is 14.9. The Morgan fingerprint density at radius 3 is 2.63 bits per heavy atom. The van der Waals surface area contributed by atoms with Crippen LogP contribution in [0.25, 0.3) is 11.4 Å². The van der Waals surface area contributed by atoms with Gasteiger partial charge in [0.2, 0.25) is 17.6 Å². The van der Waals surface area contributed by atoms with E-state index in [0.717, 1.165) is 52.1 Å². The molecule has 1 atom stereocenters. The molecule has 2 saturated heterocycles. The molecule has 43 heavy (non-hydrogen) atoms. The Morgan fingerprint density at radius 2 is 1.84 bits per heavy atom. The van der Waals surface area contributed by atoms with Crippen molar-refractivity contribution in [1.29, 1.82) is 0 Å². The number of likely N-dealkylation sites (tertiary alicyclic amines) is 1. The minimum Gasteiger partial charge on any atom is -0.493 e. The minimum atomic E-state index is -0.643. The average Bonchev–Trinajstić information content (AvgIpc) is 3.68. The van der Waals surface area contributed by atoms with Gasteiger partial charge in [-0.05, 0) is 76.5 Å². The van der Waals surface area contributed by atoms with E-state index in [1.165, 1.54) is 31.6 Å². The van der Waals surface area contributed by atoms with E-state index >= 15 is 0 Å². The molecule has 0 unspecified atom stereocenters. The van der Waals surface area contributed by atoms with Crippen molar-refractivity contribution in [3.05, 3.63) is 54.1 Å². The van der Waals surface area contributed by atoms with Gasteiger partial charge in [-0.1, -0.05) is 11.6 Å². The fourth-order valence-corrected chi connectivity index (χ4v) is 5.57. The lowest BCUT2D eigenvalue weighted by Crippen LogP contribution is -2.48. The molecule has 0 saturated carbocycles. The molecule has 1 N–H and O–H groups in total. The lowest BCUT2D eigenvalue weighted by molar-refractivity contribution is -0.132. The lowest BCUT2D eigenvalue weighted by atomic mass is 10.1. The molecule has 12 heteroatoms. The van der Waals surface area contributed by atoms with Crippen molar-refractivity contribution in [2.24, 2.45) is 0 Å². The first-order chi connectivity index (χ1) is 21.0. The number of halogens is 1. The van der Waals surface area contributed by atoms with Crippen LogP contribution in [0.3, 0.4) is 0 Å². The van der Waals surface area contributed by atoms with E-state index < -0.39 is 17.8 Å². The van der Waals surface area contributed by atoms with Crippen LogP contribution in [0.2, 0.25) is 0 Å². The van der Waals surface area contributed by atoms with Crippen LogP contribution in [0, 0.1) is 5.82 Å². The Balaban J connectivity index is 1.01. The molecule has 5 rings (SSSR count). The van der Waals surface area contributed by atoms with E-state index in [1.807, 2.05) is 0 Å². The Bertz CT molecular complexity index is 1330. The van der Waals surface area contributed by atoms with E-state index in [2.05, 4.69) is 25.3 Å². The summed E-state index contributed by atoms with van der Waals surface area (Å²) in [5.41, 5.74) is 0.291. The normalized spacial score (nSPS) is 17.4. The lowest BCUT2D eigenvalue weighted by Gasteiger charge is -2.25. The first-order valence-corrected chi connectivity index (χ1v) is 15.3. The van der Waals surface area contributed by atoms with Gasteiger partial charge in [-0.15, -0.1) is 0 Å². The van der Waals surface area contributed by atoms with Crippen molar-refractivity contribution in [3.63, 3.8) is 0 Å². The van der Waals surface area contributed by atoms with Gasteiger partial charge < -0.3 is 33.7 Å². The number of ether oxygens (including phenoxy) is 1. The van der Waals surface area contributed by atoms with E-state index in [4.69, 9.17) is 13.7 Å². The molecule has 2 amide bonds. The molecular weight excluding hydrogens is 555 g/mol. The summed E-state index contributed by atoms with van der Waals surface area (Å²) in [6, 6.07) is 7.27. The standard InChI is InChI=1S/C31H41FN6O5/c1-23(33-30(39)27-8-5-20-42-27)31(40)38-16-6-14-37(18-19-38)15-7-21-41-24-9-10-25(26(32)22-24)29-34-28(43-35-29)11-17-36-12-3-2-4-13-36/h5,8-10,20,22-23H,2-4,6-7,11-19,21H2,1H3,(H,33,39)/t23-/m0/s1. The van der Waals surface area contributed by atoms with E-state index in [-0.39, 0.29) is 17.5 Å². The Kier molecular flexibility index (Phi) is 10.8. The van der Waals surface area contributed by atoms with Crippen molar-refractivity contribution >= 4 is 11.8 Å². The van der Waals surface area contributed by atoms with Gasteiger partial charge in [0.25, 0.3) is 5.91 Å². The summed E-state index contributed by atoms with van der Waals surface area (Å²) in [7, 11) is 0. The molecule has 2 fully saturated rings. The highest BCUT2D eigenvalue weighted by Gasteiger charge is 2.25. The van der Waals surface area contributed by atoms with Gasteiger partial charge in [-0.3, -0.25) is 9.59 Å². The quantitative estimate of drug-likeness (QED) is 0.313. The fraction of sp³-hybridized carbons (Fsp3) is 0.548. The number of nitrogens with one attached hydrogen (secondary N) is 1. The third-order valence-electron chi connectivity index (χ3n) is 7.99. The summed E-state index contributed by atoms with van der Waals surface area (Å²) < 4.78 is 31.2. The highest BCUT2D eigenvalue weighted by atomic mass is 19.1. The Morgan fingerprint density at radius 1 is 1.02 bits per heavy atom. The van der Waals surface area contributed by atoms with Crippen LogP contribution in [0.4, 0.5) is 4.39 Å². The van der Waals surface area contributed by atoms with E-state index in [1.54, 1.807) is 36.1 Å². The zero-order chi connectivity index (χ0) is 30.0. The molecule has 2 aromatic heterocycles. The molecule has 3 aromatic rings. The van der Waals surface area contributed by atoms with Crippen LogP contribution >= 0.6 is 0 Å². The van der Waals surface area contributed by atoms with Crippen LogP contribution in [-0.4, -0.2) is 102 Å². The van der Waals surface area contributed by atoms with Crippen LogP contribution in [0.1, 0.15) is 55.5 Å². The van der Waals surface area contributed by atoms with Gasteiger partial charge in [-0.2, -0.15) is 4.98 Å². The summed E-state index contributed by atoms with van der Waals surface area (Å²) >= 11 is 0.